The molecule has 0 saturated carbocycles. The van der Waals surface area contributed by atoms with Crippen molar-refractivity contribution in [2.24, 2.45) is 0 Å². The molecule has 2 N–H and O–H groups in total. The predicted octanol–water partition coefficient (Wildman–Crippen LogP) is 2.56. The van der Waals surface area contributed by atoms with Crippen molar-refractivity contribution in [3.05, 3.63) is 46.8 Å². The highest BCUT2D eigenvalue weighted by Gasteiger charge is 2.18. The molecule has 0 aliphatic rings. The molecular formula is C12H11NO4S2. The van der Waals surface area contributed by atoms with E-state index in [1.54, 1.807) is 25.1 Å². The van der Waals surface area contributed by atoms with Crippen molar-refractivity contribution < 1.29 is 18.3 Å². The van der Waals surface area contributed by atoms with Gasteiger partial charge in [0.25, 0.3) is 10.0 Å². The van der Waals surface area contributed by atoms with Gasteiger partial charge in [-0.25, -0.2) is 13.2 Å². The fourth-order valence-corrected chi connectivity index (χ4v) is 3.84. The first-order valence-corrected chi connectivity index (χ1v) is 7.62. The molecule has 0 radical (unpaired) electrons. The number of aromatic carboxylic acids is 1. The number of carbonyl (C=O) groups is 1. The molecule has 0 atom stereocenters. The second-order valence-corrected chi connectivity index (χ2v) is 6.57. The van der Waals surface area contributed by atoms with Gasteiger partial charge in [-0.3, -0.25) is 4.72 Å². The summed E-state index contributed by atoms with van der Waals surface area (Å²) >= 11 is 0.879. The number of thiophene rings is 1. The Morgan fingerprint density at radius 2 is 1.89 bits per heavy atom. The third kappa shape index (κ3) is 2.94. The van der Waals surface area contributed by atoms with E-state index in [1.807, 2.05) is 0 Å². The lowest BCUT2D eigenvalue weighted by molar-refractivity contribution is 0.0702. The van der Waals surface area contributed by atoms with Gasteiger partial charge in [-0.05, 0) is 30.7 Å². The second-order valence-electron chi connectivity index (χ2n) is 3.84. The van der Waals surface area contributed by atoms with E-state index in [0.717, 1.165) is 11.3 Å². The van der Waals surface area contributed by atoms with E-state index in [9.17, 15) is 13.2 Å². The number of anilines is 1. The van der Waals surface area contributed by atoms with Crippen LogP contribution in [0.2, 0.25) is 0 Å². The van der Waals surface area contributed by atoms with Crippen LogP contribution in [0.15, 0.2) is 41.3 Å². The molecule has 0 saturated heterocycles. The molecule has 0 unspecified atom stereocenters. The molecule has 0 bridgehead atoms. The lowest BCUT2D eigenvalue weighted by Gasteiger charge is -2.08. The zero-order valence-corrected chi connectivity index (χ0v) is 11.6. The Kier molecular flexibility index (Phi) is 3.59. The summed E-state index contributed by atoms with van der Waals surface area (Å²) in [7, 11) is -3.69. The summed E-state index contributed by atoms with van der Waals surface area (Å²) in [6.45, 7) is 1.70. The number of carboxylic acids is 1. The molecule has 5 nitrogen and oxygen atoms in total. The number of benzene rings is 1. The smallest absolute Gasteiger partial charge is 0.345 e. The van der Waals surface area contributed by atoms with Crippen molar-refractivity contribution in [2.75, 3.05) is 4.72 Å². The molecular weight excluding hydrogens is 286 g/mol. The van der Waals surface area contributed by atoms with Gasteiger partial charge in [0.15, 0.2) is 0 Å². The second kappa shape index (κ2) is 5.02. The fraction of sp³-hybridized carbons (Fsp3) is 0.0833. The maximum atomic E-state index is 12.1. The Bertz CT molecular complexity index is 719. The monoisotopic (exact) mass is 297 g/mol. The molecule has 0 amide bonds. The van der Waals surface area contributed by atoms with Gasteiger partial charge in [-0.2, -0.15) is 0 Å². The van der Waals surface area contributed by atoms with E-state index < -0.39 is 16.0 Å². The van der Waals surface area contributed by atoms with Crippen LogP contribution in [-0.2, 0) is 10.0 Å². The summed E-state index contributed by atoms with van der Waals surface area (Å²) in [6, 6.07) is 9.39. The molecule has 1 aromatic carbocycles. The quantitative estimate of drug-likeness (QED) is 0.908. The largest absolute Gasteiger partial charge is 0.477 e. The van der Waals surface area contributed by atoms with Crippen LogP contribution in [-0.4, -0.2) is 19.5 Å². The predicted molar refractivity (Wildman–Crippen MR) is 73.3 cm³/mol. The minimum atomic E-state index is -3.69. The van der Waals surface area contributed by atoms with Crippen LogP contribution in [0.1, 0.15) is 15.2 Å². The summed E-state index contributed by atoms with van der Waals surface area (Å²) in [5.41, 5.74) is 0.630. The third-order valence-corrected chi connectivity index (χ3v) is 5.08. The molecule has 7 heteroatoms. The number of nitrogens with one attached hydrogen (secondary N) is 1. The summed E-state index contributed by atoms with van der Waals surface area (Å²) in [5.74, 6) is -1.08. The average Bonchev–Trinajstić information content (AvgIpc) is 2.77. The average molecular weight is 297 g/mol. The van der Waals surface area contributed by atoms with Crippen LogP contribution in [0.25, 0.3) is 0 Å². The number of sulfonamides is 1. The number of rotatable bonds is 4. The maximum absolute atomic E-state index is 12.1. The van der Waals surface area contributed by atoms with Crippen LogP contribution in [0, 0.1) is 6.92 Å². The van der Waals surface area contributed by atoms with Crippen LogP contribution >= 0.6 is 11.3 Å². The van der Waals surface area contributed by atoms with Gasteiger partial charge < -0.3 is 5.11 Å². The van der Waals surface area contributed by atoms with Crippen LogP contribution in [0.3, 0.4) is 0 Å². The molecule has 0 spiro atoms. The highest BCUT2D eigenvalue weighted by molar-refractivity contribution is 7.93. The fourth-order valence-electron chi connectivity index (χ4n) is 1.55. The Balaban J connectivity index is 2.31. The topological polar surface area (TPSA) is 83.5 Å². The Morgan fingerprint density at radius 1 is 1.21 bits per heavy atom. The highest BCUT2D eigenvalue weighted by Crippen LogP contribution is 2.25. The zero-order chi connectivity index (χ0) is 14.0. The SMILES string of the molecule is Cc1ccccc1S(=O)(=O)Nc1ccc(C(=O)O)s1. The Morgan fingerprint density at radius 3 is 2.47 bits per heavy atom. The van der Waals surface area contributed by atoms with Gasteiger partial charge in [0.1, 0.15) is 9.88 Å². The first-order chi connectivity index (χ1) is 8.90. The van der Waals surface area contributed by atoms with Crippen molar-refractivity contribution in [3.8, 4) is 0 Å². The summed E-state index contributed by atoms with van der Waals surface area (Å²) in [4.78, 5) is 11.0. The van der Waals surface area contributed by atoms with Crippen molar-refractivity contribution in [2.45, 2.75) is 11.8 Å². The molecule has 2 rings (SSSR count). The number of aryl methyl sites for hydroxylation is 1. The molecule has 100 valence electrons. The molecule has 0 aliphatic carbocycles. The normalized spacial score (nSPS) is 11.2. The van der Waals surface area contributed by atoms with Gasteiger partial charge >= 0.3 is 5.97 Å². The molecule has 1 aromatic heterocycles. The van der Waals surface area contributed by atoms with Crippen LogP contribution in [0.5, 0.6) is 0 Å². The summed E-state index contributed by atoms with van der Waals surface area (Å²) in [5, 5.41) is 9.07. The van der Waals surface area contributed by atoms with Crippen LogP contribution in [0.4, 0.5) is 5.00 Å². The summed E-state index contributed by atoms with van der Waals surface area (Å²) < 4.78 is 26.7. The zero-order valence-electron chi connectivity index (χ0n) is 9.95. The molecule has 0 fully saturated rings. The van der Waals surface area contributed by atoms with Crippen molar-refractivity contribution in [1.82, 2.24) is 0 Å². The molecule has 19 heavy (non-hydrogen) atoms. The van der Waals surface area contributed by atoms with Crippen molar-refractivity contribution >= 4 is 32.3 Å². The first-order valence-electron chi connectivity index (χ1n) is 5.32. The van der Waals surface area contributed by atoms with Gasteiger partial charge in [-0.1, -0.05) is 18.2 Å². The van der Waals surface area contributed by atoms with Crippen molar-refractivity contribution in [3.63, 3.8) is 0 Å². The van der Waals surface area contributed by atoms with E-state index in [2.05, 4.69) is 4.72 Å². The number of carboxylic acid groups (broad SMARTS) is 1. The van der Waals surface area contributed by atoms with Gasteiger partial charge in [-0.15, -0.1) is 11.3 Å². The van der Waals surface area contributed by atoms with Gasteiger partial charge in [0.05, 0.1) is 4.90 Å². The molecule has 1 heterocycles. The van der Waals surface area contributed by atoms with E-state index in [4.69, 9.17) is 5.11 Å². The Hall–Kier alpha value is -1.86. The van der Waals surface area contributed by atoms with Crippen LogP contribution < -0.4 is 4.72 Å². The number of hydrogen-bond acceptors (Lipinski definition) is 4. The first kappa shape index (κ1) is 13.6. The van der Waals surface area contributed by atoms with Gasteiger partial charge in [0.2, 0.25) is 0 Å². The minimum Gasteiger partial charge on any atom is -0.477 e. The van der Waals surface area contributed by atoms with Crippen molar-refractivity contribution in [1.29, 1.82) is 0 Å². The summed E-state index contributed by atoms with van der Waals surface area (Å²) in [6.07, 6.45) is 0. The Labute approximate surface area is 114 Å². The van der Waals surface area contributed by atoms with E-state index in [0.29, 0.717) is 5.56 Å². The minimum absolute atomic E-state index is 0.0856. The van der Waals surface area contributed by atoms with E-state index >= 15 is 0 Å². The van der Waals surface area contributed by atoms with Gasteiger partial charge in [0, 0.05) is 0 Å². The van der Waals surface area contributed by atoms with E-state index in [1.165, 1.54) is 18.2 Å². The third-order valence-electron chi connectivity index (χ3n) is 2.43. The lowest BCUT2D eigenvalue weighted by Crippen LogP contribution is -2.13. The number of hydrogen-bond donors (Lipinski definition) is 2. The highest BCUT2D eigenvalue weighted by atomic mass is 32.2. The van der Waals surface area contributed by atoms with E-state index in [-0.39, 0.29) is 14.8 Å². The maximum Gasteiger partial charge on any atom is 0.345 e. The standard InChI is InChI=1S/C12H11NO4S2/c1-8-4-2-3-5-10(8)19(16,17)13-11-7-6-9(18-11)12(14)15/h2-7,13H,1H3,(H,14,15). The lowest BCUT2D eigenvalue weighted by atomic mass is 10.2. The molecule has 2 aromatic rings. The molecule has 0 aliphatic heterocycles.